The summed E-state index contributed by atoms with van der Waals surface area (Å²) in [6, 6.07) is -2.65. The summed E-state index contributed by atoms with van der Waals surface area (Å²) < 4.78 is 88.0. The highest BCUT2D eigenvalue weighted by atomic mass is 16.8. The molecule has 0 aromatic heterocycles. The molecule has 10 amide bonds. The minimum atomic E-state index is -1.98. The summed E-state index contributed by atoms with van der Waals surface area (Å²) in [6.45, 7) is -0.435. The number of rotatable bonds is 54. The number of hydrogen-bond donors (Lipinski definition) is 36. The van der Waals surface area contributed by atoms with Crippen molar-refractivity contribution >= 4 is 59.1 Å². The van der Waals surface area contributed by atoms with E-state index in [9.17, 15) is 181 Å². The number of carbonyl (C=O) groups is 10. The van der Waals surface area contributed by atoms with E-state index in [4.69, 9.17) is 75.8 Å². The SMILES string of the molecule is CCNC(=O)CNC(=O)[C@H](CCC(=O)NCCO[C@H]1O[C@H](CO[C@H]2O[C@H](CO)[C@@H](O)[C@H](O)[C@@H]2O)[C@@H](O)[C@H](O[C@H]2O[C@H](CO)[C@@H](O)[C@H](O)[C@@H]2O)[C@@H]1O)NC(=O)CCCC(=O)NCCO[C@@H]1O[C@@H](C)[C@@H](O)[C@@H](O)[C@@H]1O.CCNC(=O)CNC(=O)[C@H](CCC(=O)NCCO[C@H]1O[C@H](CO[C@H]2O[C@H](CO)[C@@H](O)[C@H](O)[C@@H]2O)[C@@H](O)[C@H](O[C@H]2O[C@H](CO)[C@@H](O)[C@H](O)[C@@H]2O)[C@@H]1O)NC(=O)CCCC(=O)NCCO[C@@H]1O[C@@H](C)[C@@H](O)[C@@H](O)[C@@H]1O. The van der Waals surface area contributed by atoms with Gasteiger partial charge < -0.3 is 262 Å². The Morgan fingerprint density at radius 1 is 0.253 bits per heavy atom. The van der Waals surface area contributed by atoms with Crippen molar-refractivity contribution in [2.45, 2.75) is 350 Å². The quantitative estimate of drug-likeness (QED) is 0.0251. The third-order valence-electron chi connectivity index (χ3n) is 24.4. The number of ether oxygens (including phenoxy) is 16. The van der Waals surface area contributed by atoms with Crippen LogP contribution in [0.25, 0.3) is 0 Å². The van der Waals surface area contributed by atoms with Crippen molar-refractivity contribution in [3.63, 3.8) is 0 Å². The molecule has 0 saturated carbocycles. The average Bonchev–Trinajstić information content (AvgIpc) is 0.784. The summed E-state index contributed by atoms with van der Waals surface area (Å²) in [5.74, 6) is -6.23. The van der Waals surface area contributed by atoms with Gasteiger partial charge in [-0.1, -0.05) is 0 Å². The van der Waals surface area contributed by atoms with Crippen LogP contribution >= 0.6 is 0 Å². The van der Waals surface area contributed by atoms with E-state index >= 15 is 0 Å². The Balaban J connectivity index is 0.000000396. The van der Waals surface area contributed by atoms with Crippen LogP contribution in [0.3, 0.4) is 0 Å². The fourth-order valence-corrected chi connectivity index (χ4v) is 15.8. The molecule has 0 aromatic carbocycles. The van der Waals surface area contributed by atoms with E-state index in [1.807, 2.05) is 0 Å². The van der Waals surface area contributed by atoms with Gasteiger partial charge in [0.05, 0.1) is 91.4 Å². The van der Waals surface area contributed by atoms with Gasteiger partial charge in [-0.3, -0.25) is 47.9 Å². The number of nitrogens with one attached hydrogen (secondary N) is 10. The zero-order valence-electron chi connectivity index (χ0n) is 80.3. The van der Waals surface area contributed by atoms with Crippen LogP contribution < -0.4 is 53.2 Å². The Kier molecular flexibility index (Phi) is 54.2. The molecule has 36 N–H and O–H groups in total. The first-order valence-corrected chi connectivity index (χ1v) is 47.7. The Hall–Kier alpha value is -6.98. The van der Waals surface area contributed by atoms with Crippen molar-refractivity contribution < 1.29 is 257 Å². The maximum absolute atomic E-state index is 13.1. The lowest BCUT2D eigenvalue weighted by atomic mass is 9.96. The molecular formula is C84H146N10O52. The highest BCUT2D eigenvalue weighted by Gasteiger charge is 2.56. The predicted octanol–water partition coefficient (Wildman–Crippen LogP) is -21.6. The summed E-state index contributed by atoms with van der Waals surface area (Å²) in [4.78, 5) is 127. The smallest absolute Gasteiger partial charge is 0.243 e. The number of aliphatic hydroxyl groups is 26. The first kappa shape index (κ1) is 126. The molecule has 0 aliphatic carbocycles. The van der Waals surface area contributed by atoms with Crippen LogP contribution in [0.2, 0.25) is 0 Å². The lowest BCUT2D eigenvalue weighted by Crippen LogP contribution is -2.65. The lowest BCUT2D eigenvalue weighted by molar-refractivity contribution is -0.366. The predicted molar refractivity (Wildman–Crippen MR) is 472 cm³/mol. The Morgan fingerprint density at radius 3 is 0.788 bits per heavy atom. The first-order chi connectivity index (χ1) is 69.3. The van der Waals surface area contributed by atoms with E-state index in [0.29, 0.717) is 0 Å². The van der Waals surface area contributed by atoms with Gasteiger partial charge in [-0.15, -0.1) is 0 Å². The highest BCUT2D eigenvalue weighted by Crippen LogP contribution is 2.35. The van der Waals surface area contributed by atoms with Crippen molar-refractivity contribution in [1.29, 1.82) is 0 Å². The van der Waals surface area contributed by atoms with Crippen molar-refractivity contribution in [2.24, 2.45) is 0 Å². The molecule has 844 valence electrons. The number of hydrogen-bond acceptors (Lipinski definition) is 52. The molecule has 0 unspecified atom stereocenters. The number of amides is 10. The molecule has 0 aromatic rings. The molecule has 146 heavy (non-hydrogen) atoms. The van der Waals surface area contributed by atoms with E-state index in [0.717, 1.165) is 0 Å². The highest BCUT2D eigenvalue weighted by molar-refractivity contribution is 5.92. The molecule has 8 heterocycles. The number of carbonyl (C=O) groups excluding carboxylic acids is 10. The molecule has 0 bridgehead atoms. The maximum Gasteiger partial charge on any atom is 0.243 e. The van der Waals surface area contributed by atoms with Gasteiger partial charge in [0.25, 0.3) is 0 Å². The van der Waals surface area contributed by atoms with Gasteiger partial charge >= 0.3 is 0 Å². The van der Waals surface area contributed by atoms with E-state index in [1.54, 1.807) is 13.8 Å². The Labute approximate surface area is 834 Å². The summed E-state index contributed by atoms with van der Waals surface area (Å²) in [6.07, 6.45) is -67.6. The molecule has 0 radical (unpaired) electrons. The third-order valence-corrected chi connectivity index (χ3v) is 24.4. The normalized spacial score (nSPS) is 37.1. The molecule has 8 rings (SSSR count). The first-order valence-electron chi connectivity index (χ1n) is 47.7. The second kappa shape index (κ2) is 62.9. The Morgan fingerprint density at radius 2 is 0.500 bits per heavy atom. The summed E-state index contributed by atoms with van der Waals surface area (Å²) >= 11 is 0. The van der Waals surface area contributed by atoms with Gasteiger partial charge in [0.2, 0.25) is 59.1 Å². The largest absolute Gasteiger partial charge is 0.394 e. The van der Waals surface area contributed by atoms with E-state index in [-0.39, 0.29) is 117 Å². The third kappa shape index (κ3) is 37.2. The average molecular weight is 2130 g/mol. The van der Waals surface area contributed by atoms with Crippen molar-refractivity contribution in [1.82, 2.24) is 53.2 Å². The zero-order valence-corrected chi connectivity index (χ0v) is 80.3. The van der Waals surface area contributed by atoms with Crippen LogP contribution in [0.5, 0.6) is 0 Å². The van der Waals surface area contributed by atoms with Crippen LogP contribution in [0, 0.1) is 0 Å². The molecular weight excluding hydrogens is 1980 g/mol. The van der Waals surface area contributed by atoms with Crippen LogP contribution in [0.4, 0.5) is 0 Å². The molecule has 0 spiro atoms. The molecule has 62 heteroatoms. The van der Waals surface area contributed by atoms with Crippen LogP contribution in [-0.4, -0.2) is 568 Å². The number of aliphatic hydroxyl groups excluding tert-OH is 26. The van der Waals surface area contributed by atoms with E-state index < -0.39 is 383 Å². The fourth-order valence-electron chi connectivity index (χ4n) is 15.8. The molecule has 8 fully saturated rings. The molecule has 8 saturated heterocycles. The number of likely N-dealkylation sites (N-methyl/N-ethyl adjacent to an activating group) is 2. The summed E-state index contributed by atoms with van der Waals surface area (Å²) in [5.41, 5.74) is 0. The monoisotopic (exact) mass is 2130 g/mol. The standard InChI is InChI=1S/2C42H73N5O26/c2*1-3-43-25(53)13-46-38(65)18(47-24(52)6-4-5-22(50)44-9-11-66-39-33(61)30(58)26(54)17(2)69-39)7-8-23(51)45-10-12-67-41-36(64)37(73-42-35(63)32(60)28(56)20(15-49)71-42)29(57)21(72-41)16-68-40-34(62)31(59)27(55)19(14-48)70-40/h2*17-21,26-37,39-42,48-49,54-64H,3-16H2,1-2H3,(H,43,53)(H,44,50)(H,45,51)(H,46,65)(H,47,52)/t2*17-,18-,19+,20+,21+,26+,27+,28+,29+,30+,31-,32-,33-,34-,35-,36-,37-,39+,40-,41-,42+/m00/s1. The minimum absolute atomic E-state index is 0.0237. The van der Waals surface area contributed by atoms with Gasteiger partial charge in [0.15, 0.2) is 50.3 Å². The molecule has 8 aliphatic rings. The lowest BCUT2D eigenvalue weighted by Gasteiger charge is -2.46. The molecule has 62 nitrogen and oxygen atoms in total. The second-order valence-electron chi connectivity index (χ2n) is 35.3. The van der Waals surface area contributed by atoms with Gasteiger partial charge in [0, 0.05) is 77.8 Å². The molecule has 8 aliphatic heterocycles. The minimum Gasteiger partial charge on any atom is -0.394 e. The maximum atomic E-state index is 13.1. The van der Waals surface area contributed by atoms with Gasteiger partial charge in [0.1, 0.15) is 195 Å². The fraction of sp³-hybridized carbons (Fsp3) is 0.881. The topological polar surface area (TPSA) is 965 Å². The Bertz CT molecular complexity index is 3690. The van der Waals surface area contributed by atoms with Crippen LogP contribution in [-0.2, 0) is 124 Å². The van der Waals surface area contributed by atoms with Gasteiger partial charge in [-0.25, -0.2) is 0 Å². The zero-order chi connectivity index (χ0) is 108. The summed E-state index contributed by atoms with van der Waals surface area (Å²) in [7, 11) is 0. The van der Waals surface area contributed by atoms with Gasteiger partial charge in [-0.05, 0) is 53.4 Å². The van der Waals surface area contributed by atoms with E-state index in [2.05, 4.69) is 53.2 Å². The van der Waals surface area contributed by atoms with Crippen LogP contribution in [0.1, 0.15) is 91.9 Å². The van der Waals surface area contributed by atoms with Crippen molar-refractivity contribution in [3.8, 4) is 0 Å². The summed E-state index contributed by atoms with van der Waals surface area (Å²) in [5, 5.41) is 292. The second-order valence-corrected chi connectivity index (χ2v) is 35.3. The van der Waals surface area contributed by atoms with Gasteiger partial charge in [-0.2, -0.15) is 0 Å². The molecule has 42 atom stereocenters. The van der Waals surface area contributed by atoms with E-state index in [1.165, 1.54) is 13.8 Å². The van der Waals surface area contributed by atoms with Crippen molar-refractivity contribution in [3.05, 3.63) is 0 Å². The van der Waals surface area contributed by atoms with Crippen LogP contribution in [0.15, 0.2) is 0 Å². The van der Waals surface area contributed by atoms with Crippen molar-refractivity contribution in [2.75, 3.05) is 118 Å².